The number of fused-ring (bicyclic) bond motifs is 1. The lowest BCUT2D eigenvalue weighted by atomic mass is 10.0. The second kappa shape index (κ2) is 7.68. The van der Waals surface area contributed by atoms with Gasteiger partial charge in [0, 0.05) is 38.4 Å². The molecule has 3 rings (SSSR count). The molecule has 2 aliphatic heterocycles. The van der Waals surface area contributed by atoms with Crippen molar-refractivity contribution in [2.75, 3.05) is 6.61 Å². The molecule has 1 unspecified atom stereocenters. The molecular formula is C18H23N5O3. The van der Waals surface area contributed by atoms with E-state index in [0.29, 0.717) is 38.1 Å². The van der Waals surface area contributed by atoms with Crippen LogP contribution in [0.3, 0.4) is 0 Å². The van der Waals surface area contributed by atoms with Crippen LogP contribution in [0.5, 0.6) is 0 Å². The smallest absolute Gasteiger partial charge is 0.358 e. The van der Waals surface area contributed by atoms with Crippen molar-refractivity contribution in [2.24, 2.45) is 10.2 Å². The van der Waals surface area contributed by atoms with Crippen LogP contribution in [-0.2, 0) is 16.1 Å². The number of carbonyl (C=O) groups excluding carboxylic acids is 2. The van der Waals surface area contributed by atoms with E-state index in [1.807, 2.05) is 4.57 Å². The molecule has 138 valence electrons. The third kappa shape index (κ3) is 4.10. The number of carbonyl (C=O) groups is 2. The van der Waals surface area contributed by atoms with E-state index in [1.54, 1.807) is 13.1 Å². The number of hydrogen-bond acceptors (Lipinski definition) is 6. The number of aryl methyl sites for hydroxylation is 1. The number of nitrogens with zero attached hydrogens (tertiary/aromatic N) is 4. The summed E-state index contributed by atoms with van der Waals surface area (Å²) < 4.78 is 6.92. The predicted octanol–water partition coefficient (Wildman–Crippen LogP) is 2.37. The molecule has 1 aromatic rings. The molecule has 0 spiro atoms. The molecule has 1 aromatic heterocycles. The minimum Gasteiger partial charge on any atom is -0.461 e. The van der Waals surface area contributed by atoms with Gasteiger partial charge in [-0.2, -0.15) is 10.2 Å². The Morgan fingerprint density at radius 1 is 1.46 bits per heavy atom. The highest BCUT2D eigenvalue weighted by Crippen LogP contribution is 2.37. The lowest BCUT2D eigenvalue weighted by molar-refractivity contribution is -0.122. The lowest BCUT2D eigenvalue weighted by Gasteiger charge is -2.24. The van der Waals surface area contributed by atoms with Crippen molar-refractivity contribution in [1.82, 2.24) is 14.9 Å². The fraction of sp³-hybridized carbons (Fsp3) is 0.611. The van der Waals surface area contributed by atoms with Crippen molar-refractivity contribution in [2.45, 2.75) is 63.7 Å². The SMILES string of the molecule is C#CCCC1(CCC(=O)NC2CCCn3cc(C(=O)OCC)nc32)N=N1. The zero-order valence-electron chi connectivity index (χ0n) is 14.9. The minimum absolute atomic E-state index is 0.0680. The summed E-state index contributed by atoms with van der Waals surface area (Å²) in [6.45, 7) is 2.84. The highest BCUT2D eigenvalue weighted by molar-refractivity contribution is 5.87. The number of terminal acetylenes is 1. The van der Waals surface area contributed by atoms with E-state index in [9.17, 15) is 9.59 Å². The molecular weight excluding hydrogens is 334 g/mol. The van der Waals surface area contributed by atoms with Gasteiger partial charge in [-0.05, 0) is 19.8 Å². The Balaban J connectivity index is 1.57. The molecule has 0 aromatic carbocycles. The van der Waals surface area contributed by atoms with Crippen LogP contribution in [0, 0.1) is 12.3 Å². The van der Waals surface area contributed by atoms with E-state index in [0.717, 1.165) is 19.4 Å². The van der Waals surface area contributed by atoms with Gasteiger partial charge in [-0.1, -0.05) is 0 Å². The van der Waals surface area contributed by atoms with Crippen molar-refractivity contribution >= 4 is 11.9 Å². The van der Waals surface area contributed by atoms with Crippen LogP contribution < -0.4 is 5.32 Å². The van der Waals surface area contributed by atoms with Crippen LogP contribution in [0.4, 0.5) is 0 Å². The number of hydrogen-bond donors (Lipinski definition) is 1. The maximum absolute atomic E-state index is 12.3. The third-order valence-corrected chi connectivity index (χ3v) is 4.64. The monoisotopic (exact) mass is 357 g/mol. The van der Waals surface area contributed by atoms with Crippen LogP contribution in [0.1, 0.15) is 67.8 Å². The number of esters is 1. The summed E-state index contributed by atoms with van der Waals surface area (Å²) in [6, 6.07) is -0.200. The van der Waals surface area contributed by atoms with Crippen LogP contribution in [-0.4, -0.2) is 33.7 Å². The lowest BCUT2D eigenvalue weighted by Crippen LogP contribution is -2.33. The normalized spacial score (nSPS) is 19.3. The van der Waals surface area contributed by atoms with Crippen LogP contribution >= 0.6 is 0 Å². The van der Waals surface area contributed by atoms with Gasteiger partial charge in [0.15, 0.2) is 11.4 Å². The molecule has 1 atom stereocenters. The largest absolute Gasteiger partial charge is 0.461 e. The molecule has 0 saturated heterocycles. The number of ether oxygens (including phenoxy) is 1. The number of imidazole rings is 1. The Labute approximate surface area is 152 Å². The molecule has 0 saturated carbocycles. The van der Waals surface area contributed by atoms with Gasteiger partial charge in [0.2, 0.25) is 5.91 Å². The quantitative estimate of drug-likeness (QED) is 0.570. The highest BCUT2D eigenvalue weighted by atomic mass is 16.5. The second-order valence-electron chi connectivity index (χ2n) is 6.55. The fourth-order valence-corrected chi connectivity index (χ4v) is 3.17. The molecule has 0 aliphatic carbocycles. The molecule has 2 aliphatic rings. The van der Waals surface area contributed by atoms with Crippen molar-refractivity contribution in [1.29, 1.82) is 0 Å². The summed E-state index contributed by atoms with van der Waals surface area (Å²) in [4.78, 5) is 28.6. The molecule has 8 heteroatoms. The zero-order valence-corrected chi connectivity index (χ0v) is 14.9. The van der Waals surface area contributed by atoms with Gasteiger partial charge in [0.1, 0.15) is 5.82 Å². The summed E-state index contributed by atoms with van der Waals surface area (Å²) in [6.07, 6.45) is 10.9. The molecule has 0 bridgehead atoms. The molecule has 26 heavy (non-hydrogen) atoms. The first-order valence-electron chi connectivity index (χ1n) is 8.98. The minimum atomic E-state index is -0.453. The summed E-state index contributed by atoms with van der Waals surface area (Å²) >= 11 is 0. The van der Waals surface area contributed by atoms with Gasteiger partial charge < -0.3 is 14.6 Å². The Bertz CT molecular complexity index is 755. The summed E-state index contributed by atoms with van der Waals surface area (Å²) in [7, 11) is 0. The average Bonchev–Trinajstić information content (AvgIpc) is 3.26. The Morgan fingerprint density at radius 2 is 2.27 bits per heavy atom. The third-order valence-electron chi connectivity index (χ3n) is 4.64. The van der Waals surface area contributed by atoms with E-state index in [2.05, 4.69) is 26.4 Å². The van der Waals surface area contributed by atoms with E-state index < -0.39 is 11.6 Å². The van der Waals surface area contributed by atoms with Crippen molar-refractivity contribution in [3.63, 3.8) is 0 Å². The first-order chi connectivity index (χ1) is 12.6. The van der Waals surface area contributed by atoms with E-state index in [-0.39, 0.29) is 17.6 Å². The maximum Gasteiger partial charge on any atom is 0.358 e. The van der Waals surface area contributed by atoms with E-state index >= 15 is 0 Å². The summed E-state index contributed by atoms with van der Waals surface area (Å²) in [5.74, 6) is 2.78. The van der Waals surface area contributed by atoms with E-state index in [1.165, 1.54) is 0 Å². The van der Waals surface area contributed by atoms with Crippen LogP contribution in [0.2, 0.25) is 0 Å². The topological polar surface area (TPSA) is 97.9 Å². The summed E-state index contributed by atoms with van der Waals surface area (Å²) in [5.41, 5.74) is -0.168. The zero-order chi connectivity index (χ0) is 18.6. The average molecular weight is 357 g/mol. The maximum atomic E-state index is 12.3. The first-order valence-corrected chi connectivity index (χ1v) is 8.98. The number of rotatable bonds is 8. The van der Waals surface area contributed by atoms with Gasteiger partial charge in [-0.25, -0.2) is 9.78 Å². The Kier molecular flexibility index (Phi) is 5.35. The van der Waals surface area contributed by atoms with Gasteiger partial charge in [-0.3, -0.25) is 4.79 Å². The highest BCUT2D eigenvalue weighted by Gasteiger charge is 2.39. The fourth-order valence-electron chi connectivity index (χ4n) is 3.17. The van der Waals surface area contributed by atoms with Crippen molar-refractivity contribution in [3.05, 3.63) is 17.7 Å². The number of amides is 1. The second-order valence-corrected chi connectivity index (χ2v) is 6.55. The van der Waals surface area contributed by atoms with Crippen LogP contribution in [0.15, 0.2) is 16.4 Å². The van der Waals surface area contributed by atoms with Crippen molar-refractivity contribution in [3.8, 4) is 12.3 Å². The molecule has 1 amide bonds. The number of aromatic nitrogens is 2. The number of nitrogens with one attached hydrogen (secondary N) is 1. The Hall–Kier alpha value is -2.69. The molecule has 0 fully saturated rings. The summed E-state index contributed by atoms with van der Waals surface area (Å²) in [5, 5.41) is 11.1. The molecule has 1 N–H and O–H groups in total. The predicted molar refractivity (Wildman–Crippen MR) is 93.2 cm³/mol. The van der Waals surface area contributed by atoms with Gasteiger partial charge in [-0.15, -0.1) is 12.3 Å². The first kappa shape index (κ1) is 18.1. The van der Waals surface area contributed by atoms with Crippen LogP contribution in [0.25, 0.3) is 0 Å². The Morgan fingerprint density at radius 3 is 2.96 bits per heavy atom. The van der Waals surface area contributed by atoms with Gasteiger partial charge in [0.05, 0.1) is 12.6 Å². The molecule has 0 radical (unpaired) electrons. The van der Waals surface area contributed by atoms with Crippen molar-refractivity contribution < 1.29 is 14.3 Å². The van der Waals surface area contributed by atoms with Gasteiger partial charge in [0.25, 0.3) is 0 Å². The van der Waals surface area contributed by atoms with E-state index in [4.69, 9.17) is 11.2 Å². The standard InChI is InChI=1S/C18H23N5O3/c1-3-5-9-18(21-22-18)10-8-15(24)19-13-7-6-11-23-12-14(20-16(13)23)17(25)26-4-2/h1,12-13H,4-11H2,2H3,(H,19,24). The molecule has 8 nitrogen and oxygen atoms in total. The molecule has 3 heterocycles. The van der Waals surface area contributed by atoms with Gasteiger partial charge >= 0.3 is 5.97 Å².